The van der Waals surface area contributed by atoms with Gasteiger partial charge in [0.1, 0.15) is 5.75 Å². The van der Waals surface area contributed by atoms with Crippen LogP contribution in [-0.4, -0.2) is 18.4 Å². The molecular weight excluding hydrogens is 364 g/mol. The summed E-state index contributed by atoms with van der Waals surface area (Å²) in [6.07, 6.45) is 9.01. The van der Waals surface area contributed by atoms with E-state index < -0.39 is 11.8 Å². The van der Waals surface area contributed by atoms with Gasteiger partial charge >= 0.3 is 11.8 Å². The summed E-state index contributed by atoms with van der Waals surface area (Å²) in [5.41, 5.74) is 3.74. The number of ether oxygens (including phenoxy) is 1. The van der Waals surface area contributed by atoms with Gasteiger partial charge in [0, 0.05) is 5.69 Å². The number of anilines is 2. The number of unbranched alkanes of at least 4 members (excludes halogenated alkanes) is 4. The van der Waals surface area contributed by atoms with E-state index in [0.29, 0.717) is 23.7 Å². The Hall–Kier alpha value is -2.82. The molecule has 5 heteroatoms. The molecule has 0 aromatic heterocycles. The van der Waals surface area contributed by atoms with Crippen LogP contribution in [0, 0.1) is 0 Å². The highest BCUT2D eigenvalue weighted by Crippen LogP contribution is 2.26. The van der Waals surface area contributed by atoms with E-state index in [4.69, 9.17) is 4.74 Å². The first kappa shape index (κ1) is 20.9. The van der Waals surface area contributed by atoms with Gasteiger partial charge in [-0.15, -0.1) is 0 Å². The first-order valence-electron chi connectivity index (χ1n) is 10.6. The number of fused-ring (bicyclic) bond motifs is 1. The summed E-state index contributed by atoms with van der Waals surface area (Å²) < 4.78 is 5.82. The van der Waals surface area contributed by atoms with Gasteiger partial charge in [0.25, 0.3) is 0 Å². The Kier molecular flexibility index (Phi) is 7.68. The van der Waals surface area contributed by atoms with Crippen LogP contribution in [0.2, 0.25) is 0 Å². The van der Waals surface area contributed by atoms with Crippen molar-refractivity contribution >= 4 is 23.2 Å². The van der Waals surface area contributed by atoms with Crippen molar-refractivity contribution in [2.45, 2.75) is 58.3 Å². The van der Waals surface area contributed by atoms with E-state index in [9.17, 15) is 9.59 Å². The lowest BCUT2D eigenvalue weighted by Crippen LogP contribution is -2.29. The van der Waals surface area contributed by atoms with E-state index in [0.717, 1.165) is 32.1 Å². The van der Waals surface area contributed by atoms with Crippen LogP contribution in [-0.2, 0) is 22.4 Å². The molecule has 154 valence electrons. The Morgan fingerprint density at radius 1 is 0.897 bits per heavy atom. The smallest absolute Gasteiger partial charge is 0.314 e. The Morgan fingerprint density at radius 2 is 1.66 bits per heavy atom. The second kappa shape index (κ2) is 10.6. The van der Waals surface area contributed by atoms with Crippen LogP contribution in [0.1, 0.15) is 56.6 Å². The summed E-state index contributed by atoms with van der Waals surface area (Å²) in [6, 6.07) is 13.1. The number of para-hydroxylation sites is 2. The SMILES string of the molecule is CCCCCCCOc1ccccc1NC(=O)C(=O)Nc1ccc2c(c1)CCC2. The number of nitrogens with one attached hydrogen (secondary N) is 2. The zero-order chi connectivity index (χ0) is 20.5. The first-order chi connectivity index (χ1) is 14.2. The number of carbonyl (C=O) groups excluding carboxylic acids is 2. The summed E-state index contributed by atoms with van der Waals surface area (Å²) in [4.78, 5) is 24.7. The van der Waals surface area contributed by atoms with Crippen LogP contribution in [0.4, 0.5) is 11.4 Å². The number of aryl methyl sites for hydroxylation is 2. The third kappa shape index (κ3) is 6.08. The number of amides is 2. The fraction of sp³-hybridized carbons (Fsp3) is 0.417. The zero-order valence-corrected chi connectivity index (χ0v) is 17.1. The highest BCUT2D eigenvalue weighted by Gasteiger charge is 2.17. The van der Waals surface area contributed by atoms with Gasteiger partial charge in [-0.3, -0.25) is 9.59 Å². The summed E-state index contributed by atoms with van der Waals surface area (Å²) in [7, 11) is 0. The number of carbonyl (C=O) groups is 2. The van der Waals surface area contributed by atoms with Crippen molar-refractivity contribution in [3.05, 3.63) is 53.6 Å². The van der Waals surface area contributed by atoms with E-state index in [-0.39, 0.29) is 0 Å². The van der Waals surface area contributed by atoms with Gasteiger partial charge < -0.3 is 15.4 Å². The molecule has 0 fully saturated rings. The molecule has 0 spiro atoms. The molecule has 0 unspecified atom stereocenters. The topological polar surface area (TPSA) is 67.4 Å². The molecule has 1 aliphatic rings. The molecule has 2 aromatic carbocycles. The first-order valence-corrected chi connectivity index (χ1v) is 10.6. The fourth-order valence-electron chi connectivity index (χ4n) is 3.60. The van der Waals surface area contributed by atoms with E-state index in [1.807, 2.05) is 30.3 Å². The minimum absolute atomic E-state index is 0.509. The quantitative estimate of drug-likeness (QED) is 0.459. The lowest BCUT2D eigenvalue weighted by molar-refractivity contribution is -0.133. The molecule has 5 nitrogen and oxygen atoms in total. The number of rotatable bonds is 9. The van der Waals surface area contributed by atoms with Crippen molar-refractivity contribution in [3.8, 4) is 5.75 Å². The van der Waals surface area contributed by atoms with Crippen molar-refractivity contribution in [2.24, 2.45) is 0 Å². The average Bonchev–Trinajstić information content (AvgIpc) is 3.19. The van der Waals surface area contributed by atoms with Crippen LogP contribution in [0.3, 0.4) is 0 Å². The van der Waals surface area contributed by atoms with Crippen LogP contribution in [0.15, 0.2) is 42.5 Å². The lowest BCUT2D eigenvalue weighted by Gasteiger charge is -2.13. The fourth-order valence-corrected chi connectivity index (χ4v) is 3.60. The van der Waals surface area contributed by atoms with Gasteiger partial charge in [-0.05, 0) is 61.1 Å². The van der Waals surface area contributed by atoms with Gasteiger partial charge in [-0.2, -0.15) is 0 Å². The Balaban J connectivity index is 1.52. The highest BCUT2D eigenvalue weighted by molar-refractivity contribution is 6.43. The van der Waals surface area contributed by atoms with E-state index in [1.54, 1.807) is 12.1 Å². The molecule has 3 rings (SSSR count). The summed E-state index contributed by atoms with van der Waals surface area (Å²) >= 11 is 0. The standard InChI is InChI=1S/C24H30N2O3/c1-2-3-4-5-8-16-29-22-13-7-6-12-21(22)26-24(28)23(27)25-20-15-14-18-10-9-11-19(18)17-20/h6-7,12-15,17H,2-5,8-11,16H2,1H3,(H,25,27)(H,26,28). The molecule has 0 atom stereocenters. The lowest BCUT2D eigenvalue weighted by atomic mass is 10.1. The van der Waals surface area contributed by atoms with Crippen LogP contribution >= 0.6 is 0 Å². The molecule has 29 heavy (non-hydrogen) atoms. The molecule has 0 heterocycles. The van der Waals surface area contributed by atoms with Crippen molar-refractivity contribution in [2.75, 3.05) is 17.2 Å². The Bertz CT molecular complexity index is 848. The maximum absolute atomic E-state index is 12.4. The monoisotopic (exact) mass is 394 g/mol. The maximum Gasteiger partial charge on any atom is 0.314 e. The molecule has 0 aliphatic heterocycles. The van der Waals surface area contributed by atoms with Gasteiger partial charge in [-0.1, -0.05) is 50.8 Å². The van der Waals surface area contributed by atoms with E-state index >= 15 is 0 Å². The van der Waals surface area contributed by atoms with Gasteiger partial charge in [-0.25, -0.2) is 0 Å². The van der Waals surface area contributed by atoms with Crippen molar-refractivity contribution in [1.82, 2.24) is 0 Å². The van der Waals surface area contributed by atoms with Crippen molar-refractivity contribution in [1.29, 1.82) is 0 Å². The zero-order valence-electron chi connectivity index (χ0n) is 17.1. The summed E-state index contributed by atoms with van der Waals surface area (Å²) in [6.45, 7) is 2.79. The summed E-state index contributed by atoms with van der Waals surface area (Å²) in [5.74, 6) is -0.802. The third-order valence-corrected chi connectivity index (χ3v) is 5.20. The maximum atomic E-state index is 12.4. The predicted octanol–water partition coefficient (Wildman–Crippen LogP) is 5.10. The van der Waals surface area contributed by atoms with Crippen molar-refractivity contribution < 1.29 is 14.3 Å². The molecule has 0 saturated carbocycles. The van der Waals surface area contributed by atoms with E-state index in [2.05, 4.69) is 17.6 Å². The molecular formula is C24H30N2O3. The molecule has 0 radical (unpaired) electrons. The summed E-state index contributed by atoms with van der Waals surface area (Å²) in [5, 5.41) is 5.36. The molecule has 2 amide bonds. The number of hydrogen-bond donors (Lipinski definition) is 2. The molecule has 0 saturated heterocycles. The molecule has 2 N–H and O–H groups in total. The van der Waals surface area contributed by atoms with Crippen molar-refractivity contribution in [3.63, 3.8) is 0 Å². The second-order valence-electron chi connectivity index (χ2n) is 7.50. The Labute approximate surface area is 172 Å². The predicted molar refractivity (Wildman–Crippen MR) is 116 cm³/mol. The normalized spacial score (nSPS) is 12.3. The van der Waals surface area contributed by atoms with Gasteiger partial charge in [0.2, 0.25) is 0 Å². The molecule has 0 bridgehead atoms. The van der Waals surface area contributed by atoms with E-state index in [1.165, 1.54) is 30.4 Å². The molecule has 2 aromatic rings. The average molecular weight is 395 g/mol. The van der Waals surface area contributed by atoms with Gasteiger partial charge in [0.15, 0.2) is 0 Å². The largest absolute Gasteiger partial charge is 0.491 e. The number of benzene rings is 2. The minimum Gasteiger partial charge on any atom is -0.491 e. The number of hydrogen-bond acceptors (Lipinski definition) is 3. The molecule has 1 aliphatic carbocycles. The minimum atomic E-state index is -0.704. The Morgan fingerprint density at radius 3 is 2.52 bits per heavy atom. The third-order valence-electron chi connectivity index (χ3n) is 5.20. The van der Waals surface area contributed by atoms with Crippen LogP contribution in [0.25, 0.3) is 0 Å². The second-order valence-corrected chi connectivity index (χ2v) is 7.50. The van der Waals surface area contributed by atoms with Gasteiger partial charge in [0.05, 0.1) is 12.3 Å². The van der Waals surface area contributed by atoms with Crippen LogP contribution < -0.4 is 15.4 Å². The van der Waals surface area contributed by atoms with Crippen LogP contribution in [0.5, 0.6) is 5.75 Å². The highest BCUT2D eigenvalue weighted by atomic mass is 16.5.